The number of hydrogen-bond acceptors (Lipinski definition) is 4. The van der Waals surface area contributed by atoms with Gasteiger partial charge in [-0.05, 0) is 42.0 Å². The van der Waals surface area contributed by atoms with Gasteiger partial charge in [-0.15, -0.1) is 0 Å². The molecule has 0 unspecified atom stereocenters. The molecule has 138 valence electrons. The second kappa shape index (κ2) is 6.42. The second-order valence-electron chi connectivity index (χ2n) is 6.61. The molecule has 2 aliphatic rings. The van der Waals surface area contributed by atoms with Crippen LogP contribution >= 0.6 is 0 Å². The summed E-state index contributed by atoms with van der Waals surface area (Å²) < 4.78 is 10.7. The van der Waals surface area contributed by atoms with Crippen LogP contribution in [0.3, 0.4) is 0 Å². The lowest BCUT2D eigenvalue weighted by Crippen LogP contribution is -2.41. The predicted molar refractivity (Wildman–Crippen MR) is 103 cm³/mol. The molecule has 6 heteroatoms. The minimum Gasteiger partial charge on any atom is -0.454 e. The summed E-state index contributed by atoms with van der Waals surface area (Å²) in [7, 11) is 0. The van der Waals surface area contributed by atoms with Crippen molar-refractivity contribution in [1.82, 2.24) is 9.88 Å². The van der Waals surface area contributed by atoms with Crippen LogP contribution in [0.1, 0.15) is 27.2 Å². The van der Waals surface area contributed by atoms with Crippen LogP contribution < -0.4 is 9.47 Å². The number of aromatic nitrogens is 1. The first-order valence-corrected chi connectivity index (χ1v) is 8.90. The van der Waals surface area contributed by atoms with Gasteiger partial charge in [0.25, 0.3) is 11.8 Å². The average Bonchev–Trinajstić information content (AvgIpc) is 3.40. The van der Waals surface area contributed by atoms with Gasteiger partial charge in [0.05, 0.1) is 12.1 Å². The van der Waals surface area contributed by atoms with Gasteiger partial charge in [-0.1, -0.05) is 24.3 Å². The van der Waals surface area contributed by atoms with E-state index in [1.54, 1.807) is 42.6 Å². The number of H-pyrrole nitrogens is 1. The summed E-state index contributed by atoms with van der Waals surface area (Å²) in [6, 6.07) is 16.4. The summed E-state index contributed by atoms with van der Waals surface area (Å²) in [5, 5.41) is 0. The van der Waals surface area contributed by atoms with Gasteiger partial charge in [0.15, 0.2) is 11.5 Å². The molecule has 2 aliphatic heterocycles. The zero-order valence-electron chi connectivity index (χ0n) is 14.8. The minimum absolute atomic E-state index is 0.157. The standard InChI is InChI=1S/C22H16N2O4/c25-21-17-6-2-1-5-16(17)18(11-15-4-3-9-23-15)22(26)24(21)12-14-7-8-19-20(10-14)28-13-27-19/h1-11,23H,12-13H2. The molecule has 28 heavy (non-hydrogen) atoms. The highest BCUT2D eigenvalue weighted by atomic mass is 16.7. The molecule has 0 aliphatic carbocycles. The molecular formula is C22H16N2O4. The molecule has 0 spiro atoms. The van der Waals surface area contributed by atoms with Crippen molar-refractivity contribution < 1.29 is 19.1 Å². The summed E-state index contributed by atoms with van der Waals surface area (Å²) in [6.07, 6.45) is 3.57. The molecule has 0 saturated heterocycles. The van der Waals surface area contributed by atoms with Crippen LogP contribution in [0.4, 0.5) is 0 Å². The number of carbonyl (C=O) groups excluding carboxylic acids is 2. The summed E-state index contributed by atoms with van der Waals surface area (Å²) in [5.74, 6) is 0.660. The predicted octanol–water partition coefficient (Wildman–Crippen LogP) is 3.47. The van der Waals surface area contributed by atoms with E-state index in [9.17, 15) is 9.59 Å². The van der Waals surface area contributed by atoms with Crippen molar-refractivity contribution >= 4 is 23.5 Å². The van der Waals surface area contributed by atoms with Gasteiger partial charge in [0, 0.05) is 23.0 Å². The lowest BCUT2D eigenvalue weighted by molar-refractivity contribution is -0.123. The van der Waals surface area contributed by atoms with E-state index in [4.69, 9.17) is 9.47 Å². The maximum absolute atomic E-state index is 13.2. The van der Waals surface area contributed by atoms with Gasteiger partial charge in [-0.3, -0.25) is 14.5 Å². The molecule has 1 N–H and O–H groups in total. The molecule has 0 radical (unpaired) electrons. The highest BCUT2D eigenvalue weighted by molar-refractivity contribution is 6.33. The first-order chi connectivity index (χ1) is 13.7. The first-order valence-electron chi connectivity index (χ1n) is 8.90. The van der Waals surface area contributed by atoms with E-state index < -0.39 is 0 Å². The van der Waals surface area contributed by atoms with E-state index in [-0.39, 0.29) is 25.2 Å². The molecule has 0 fully saturated rings. The minimum atomic E-state index is -0.323. The lowest BCUT2D eigenvalue weighted by atomic mass is 9.92. The van der Waals surface area contributed by atoms with Crippen LogP contribution in [0.2, 0.25) is 0 Å². The third kappa shape index (κ3) is 2.66. The van der Waals surface area contributed by atoms with E-state index in [1.165, 1.54) is 4.90 Å². The molecule has 5 rings (SSSR count). The van der Waals surface area contributed by atoms with Gasteiger partial charge in [0.1, 0.15) is 0 Å². The number of amides is 2. The van der Waals surface area contributed by atoms with Gasteiger partial charge >= 0.3 is 0 Å². The van der Waals surface area contributed by atoms with Crippen LogP contribution in [-0.4, -0.2) is 28.5 Å². The monoisotopic (exact) mass is 372 g/mol. The Morgan fingerprint density at radius 1 is 0.929 bits per heavy atom. The van der Waals surface area contributed by atoms with Crippen molar-refractivity contribution in [2.45, 2.75) is 6.54 Å². The van der Waals surface area contributed by atoms with Crippen LogP contribution in [-0.2, 0) is 11.3 Å². The molecule has 3 aromatic rings. The SMILES string of the molecule is O=C1C(=Cc2ccc[nH]2)c2ccccc2C(=O)N1Cc1ccc2c(c1)OCO2. The fourth-order valence-corrected chi connectivity index (χ4v) is 3.50. The van der Waals surface area contributed by atoms with Crippen molar-refractivity contribution in [3.8, 4) is 11.5 Å². The van der Waals surface area contributed by atoms with Crippen molar-refractivity contribution in [1.29, 1.82) is 0 Å². The summed E-state index contributed by atoms with van der Waals surface area (Å²) in [4.78, 5) is 30.6. The number of imide groups is 1. The quantitative estimate of drug-likeness (QED) is 0.565. The van der Waals surface area contributed by atoms with E-state index in [1.807, 2.05) is 24.3 Å². The van der Waals surface area contributed by atoms with Crippen LogP contribution in [0.5, 0.6) is 11.5 Å². The third-order valence-electron chi connectivity index (χ3n) is 4.87. The number of benzene rings is 2. The average molecular weight is 372 g/mol. The highest BCUT2D eigenvalue weighted by Gasteiger charge is 2.34. The first kappa shape index (κ1) is 16.4. The van der Waals surface area contributed by atoms with Crippen LogP contribution in [0.15, 0.2) is 60.8 Å². The van der Waals surface area contributed by atoms with Gasteiger partial charge < -0.3 is 14.5 Å². The Morgan fingerprint density at radius 3 is 2.57 bits per heavy atom. The van der Waals surface area contributed by atoms with Gasteiger partial charge in [-0.25, -0.2) is 0 Å². The Bertz CT molecular complexity index is 1120. The molecule has 1 aromatic heterocycles. The maximum atomic E-state index is 13.2. The second-order valence-corrected chi connectivity index (χ2v) is 6.61. The number of carbonyl (C=O) groups is 2. The molecule has 0 saturated carbocycles. The largest absolute Gasteiger partial charge is 0.454 e. The Balaban J connectivity index is 1.55. The fraction of sp³-hybridized carbons (Fsp3) is 0.0909. The smallest absolute Gasteiger partial charge is 0.261 e. The lowest BCUT2D eigenvalue weighted by Gasteiger charge is -2.28. The molecule has 2 aromatic carbocycles. The summed E-state index contributed by atoms with van der Waals surface area (Å²) >= 11 is 0. The van der Waals surface area contributed by atoms with E-state index in [0.717, 1.165) is 11.3 Å². The van der Waals surface area contributed by atoms with Crippen molar-refractivity contribution in [3.05, 3.63) is 83.2 Å². The Labute approximate surface area is 161 Å². The molecular weight excluding hydrogens is 356 g/mol. The van der Waals surface area contributed by atoms with Crippen molar-refractivity contribution in [2.24, 2.45) is 0 Å². The van der Waals surface area contributed by atoms with E-state index >= 15 is 0 Å². The van der Waals surface area contributed by atoms with E-state index in [0.29, 0.717) is 28.2 Å². The number of fused-ring (bicyclic) bond motifs is 2. The number of aromatic amines is 1. The number of nitrogens with zero attached hydrogens (tertiary/aromatic N) is 1. The van der Waals surface area contributed by atoms with Crippen molar-refractivity contribution in [3.63, 3.8) is 0 Å². The van der Waals surface area contributed by atoms with Gasteiger partial charge in [-0.2, -0.15) is 0 Å². The van der Waals surface area contributed by atoms with Crippen LogP contribution in [0, 0.1) is 0 Å². The molecule has 0 bridgehead atoms. The summed E-state index contributed by atoms with van der Waals surface area (Å²) in [5.41, 5.74) is 3.24. The Kier molecular flexibility index (Phi) is 3.76. The normalized spacial score (nSPS) is 16.6. The molecule has 3 heterocycles. The third-order valence-corrected chi connectivity index (χ3v) is 4.87. The zero-order valence-corrected chi connectivity index (χ0v) is 14.8. The Hall–Kier alpha value is -3.80. The van der Waals surface area contributed by atoms with Crippen molar-refractivity contribution in [2.75, 3.05) is 6.79 Å². The number of hydrogen-bond donors (Lipinski definition) is 1. The Morgan fingerprint density at radius 2 is 1.75 bits per heavy atom. The van der Waals surface area contributed by atoms with Gasteiger partial charge in [0.2, 0.25) is 6.79 Å². The topological polar surface area (TPSA) is 71.6 Å². The number of nitrogens with one attached hydrogen (secondary N) is 1. The zero-order chi connectivity index (χ0) is 19.1. The maximum Gasteiger partial charge on any atom is 0.261 e. The number of ether oxygens (including phenoxy) is 2. The molecule has 2 amide bonds. The number of rotatable bonds is 3. The van der Waals surface area contributed by atoms with Crippen LogP contribution in [0.25, 0.3) is 11.6 Å². The molecule has 0 atom stereocenters. The fourth-order valence-electron chi connectivity index (χ4n) is 3.50. The molecule has 6 nitrogen and oxygen atoms in total. The van der Waals surface area contributed by atoms with E-state index in [2.05, 4.69) is 4.98 Å². The summed E-state index contributed by atoms with van der Waals surface area (Å²) in [6.45, 7) is 0.335. The highest BCUT2D eigenvalue weighted by Crippen LogP contribution is 2.35.